The second-order valence-electron chi connectivity index (χ2n) is 4.67. The monoisotopic (exact) mass is 249 g/mol. The van der Waals surface area contributed by atoms with Crippen LogP contribution in [-0.4, -0.2) is 16.1 Å². The van der Waals surface area contributed by atoms with Gasteiger partial charge in [0.15, 0.2) is 0 Å². The van der Waals surface area contributed by atoms with Crippen molar-refractivity contribution in [3.63, 3.8) is 0 Å². The van der Waals surface area contributed by atoms with E-state index in [1.807, 2.05) is 11.6 Å². The number of benzene rings is 1. The molecular formula is C14H20FN3. The van der Waals surface area contributed by atoms with Gasteiger partial charge in [0.25, 0.3) is 0 Å². The van der Waals surface area contributed by atoms with Crippen molar-refractivity contribution in [3.8, 4) is 0 Å². The van der Waals surface area contributed by atoms with Crippen LogP contribution in [0.25, 0.3) is 11.0 Å². The third-order valence-electron chi connectivity index (χ3n) is 3.29. The van der Waals surface area contributed by atoms with Gasteiger partial charge in [0.2, 0.25) is 0 Å². The molecular weight excluding hydrogens is 229 g/mol. The van der Waals surface area contributed by atoms with E-state index in [4.69, 9.17) is 5.73 Å². The molecule has 0 radical (unpaired) electrons. The SMILES string of the molecule is Cn1c(CCCCCCN)nc2ccc(F)cc21. The summed E-state index contributed by atoms with van der Waals surface area (Å²) in [7, 11) is 1.95. The second-order valence-corrected chi connectivity index (χ2v) is 4.67. The Hall–Kier alpha value is -1.42. The van der Waals surface area contributed by atoms with Gasteiger partial charge in [0, 0.05) is 13.5 Å². The summed E-state index contributed by atoms with van der Waals surface area (Å²) >= 11 is 0. The van der Waals surface area contributed by atoms with Crippen molar-refractivity contribution >= 4 is 11.0 Å². The lowest BCUT2D eigenvalue weighted by Gasteiger charge is -2.02. The summed E-state index contributed by atoms with van der Waals surface area (Å²) in [5, 5.41) is 0. The number of fused-ring (bicyclic) bond motifs is 1. The van der Waals surface area contributed by atoms with E-state index in [0.717, 1.165) is 42.7 Å². The summed E-state index contributed by atoms with van der Waals surface area (Å²) in [5.74, 6) is 0.823. The van der Waals surface area contributed by atoms with Crippen LogP contribution < -0.4 is 5.73 Å². The molecule has 1 aromatic carbocycles. The van der Waals surface area contributed by atoms with Gasteiger partial charge in [-0.1, -0.05) is 12.8 Å². The average Bonchev–Trinajstić information content (AvgIpc) is 2.67. The first-order valence-corrected chi connectivity index (χ1v) is 6.53. The Balaban J connectivity index is 2.03. The van der Waals surface area contributed by atoms with Crippen molar-refractivity contribution in [3.05, 3.63) is 29.8 Å². The molecule has 0 amide bonds. The van der Waals surface area contributed by atoms with Crippen molar-refractivity contribution in [2.45, 2.75) is 32.1 Å². The van der Waals surface area contributed by atoms with E-state index in [-0.39, 0.29) is 5.82 Å². The minimum atomic E-state index is -0.208. The number of aryl methyl sites for hydroxylation is 2. The van der Waals surface area contributed by atoms with Crippen LogP contribution >= 0.6 is 0 Å². The quantitative estimate of drug-likeness (QED) is 0.800. The zero-order chi connectivity index (χ0) is 13.0. The van der Waals surface area contributed by atoms with Gasteiger partial charge >= 0.3 is 0 Å². The van der Waals surface area contributed by atoms with Gasteiger partial charge in [-0.3, -0.25) is 0 Å². The lowest BCUT2D eigenvalue weighted by atomic mass is 10.1. The minimum Gasteiger partial charge on any atom is -0.331 e. The largest absolute Gasteiger partial charge is 0.331 e. The third-order valence-corrected chi connectivity index (χ3v) is 3.29. The van der Waals surface area contributed by atoms with Crippen LogP contribution in [0.15, 0.2) is 18.2 Å². The van der Waals surface area contributed by atoms with Crippen LogP contribution in [-0.2, 0) is 13.5 Å². The van der Waals surface area contributed by atoms with Crippen LogP contribution in [0.3, 0.4) is 0 Å². The Morgan fingerprint density at radius 1 is 1.22 bits per heavy atom. The Morgan fingerprint density at radius 2 is 2.00 bits per heavy atom. The smallest absolute Gasteiger partial charge is 0.125 e. The molecule has 0 aliphatic rings. The summed E-state index contributed by atoms with van der Waals surface area (Å²) in [6, 6.07) is 4.74. The fourth-order valence-corrected chi connectivity index (χ4v) is 2.22. The number of rotatable bonds is 6. The van der Waals surface area contributed by atoms with Crippen molar-refractivity contribution in [2.24, 2.45) is 12.8 Å². The molecule has 0 spiro atoms. The fraction of sp³-hybridized carbons (Fsp3) is 0.500. The standard InChI is InChI=1S/C14H20FN3/c1-18-13-10-11(15)7-8-12(13)17-14(18)6-4-2-3-5-9-16/h7-8,10H,2-6,9,16H2,1H3. The van der Waals surface area contributed by atoms with Crippen LogP contribution in [0.5, 0.6) is 0 Å². The number of unbranched alkanes of at least 4 members (excludes halogenated alkanes) is 3. The van der Waals surface area contributed by atoms with E-state index in [2.05, 4.69) is 4.98 Å². The normalized spacial score (nSPS) is 11.3. The van der Waals surface area contributed by atoms with Crippen LogP contribution in [0.1, 0.15) is 31.5 Å². The molecule has 0 unspecified atom stereocenters. The van der Waals surface area contributed by atoms with E-state index in [1.165, 1.54) is 18.9 Å². The van der Waals surface area contributed by atoms with Crippen LogP contribution in [0.4, 0.5) is 4.39 Å². The maximum atomic E-state index is 13.2. The number of aromatic nitrogens is 2. The first kappa shape index (κ1) is 13.0. The highest BCUT2D eigenvalue weighted by molar-refractivity contribution is 5.75. The fourth-order valence-electron chi connectivity index (χ4n) is 2.22. The predicted octanol–water partition coefficient (Wildman–Crippen LogP) is 2.77. The third kappa shape index (κ3) is 2.88. The Labute approximate surface area is 107 Å². The van der Waals surface area contributed by atoms with Gasteiger partial charge in [0.05, 0.1) is 11.0 Å². The summed E-state index contributed by atoms with van der Waals surface area (Å²) in [6.07, 6.45) is 5.49. The molecule has 18 heavy (non-hydrogen) atoms. The molecule has 0 aliphatic carbocycles. The molecule has 2 rings (SSSR count). The number of halogens is 1. The molecule has 1 heterocycles. The van der Waals surface area contributed by atoms with E-state index in [0.29, 0.717) is 0 Å². The van der Waals surface area contributed by atoms with Gasteiger partial charge in [-0.25, -0.2) is 9.37 Å². The molecule has 0 fully saturated rings. The molecule has 4 heteroatoms. The van der Waals surface area contributed by atoms with E-state index in [1.54, 1.807) is 12.1 Å². The molecule has 2 aromatic rings. The molecule has 98 valence electrons. The highest BCUT2D eigenvalue weighted by Crippen LogP contribution is 2.17. The van der Waals surface area contributed by atoms with Crippen LogP contribution in [0.2, 0.25) is 0 Å². The lowest BCUT2D eigenvalue weighted by Crippen LogP contribution is -2.00. The first-order chi connectivity index (χ1) is 8.72. The van der Waals surface area contributed by atoms with Gasteiger partial charge in [-0.15, -0.1) is 0 Å². The van der Waals surface area contributed by atoms with Crippen LogP contribution in [0, 0.1) is 5.82 Å². The maximum Gasteiger partial charge on any atom is 0.125 e. The predicted molar refractivity (Wildman–Crippen MR) is 71.9 cm³/mol. The molecule has 1 aromatic heterocycles. The van der Waals surface area contributed by atoms with Gasteiger partial charge in [-0.2, -0.15) is 0 Å². The van der Waals surface area contributed by atoms with Crippen molar-refractivity contribution in [1.82, 2.24) is 9.55 Å². The van der Waals surface area contributed by atoms with Gasteiger partial charge < -0.3 is 10.3 Å². The van der Waals surface area contributed by atoms with Gasteiger partial charge in [-0.05, 0) is 37.6 Å². The highest BCUT2D eigenvalue weighted by atomic mass is 19.1. The number of nitrogens with two attached hydrogens (primary N) is 1. The topological polar surface area (TPSA) is 43.8 Å². The Morgan fingerprint density at radius 3 is 2.78 bits per heavy atom. The molecule has 3 nitrogen and oxygen atoms in total. The minimum absolute atomic E-state index is 0.208. The van der Waals surface area contributed by atoms with Gasteiger partial charge in [0.1, 0.15) is 11.6 Å². The molecule has 0 saturated carbocycles. The average molecular weight is 249 g/mol. The number of imidazole rings is 1. The van der Waals surface area contributed by atoms with E-state index >= 15 is 0 Å². The first-order valence-electron chi connectivity index (χ1n) is 6.53. The second kappa shape index (κ2) is 5.96. The van der Waals surface area contributed by atoms with Crippen molar-refractivity contribution in [2.75, 3.05) is 6.54 Å². The van der Waals surface area contributed by atoms with Crippen molar-refractivity contribution < 1.29 is 4.39 Å². The van der Waals surface area contributed by atoms with Crippen molar-refractivity contribution in [1.29, 1.82) is 0 Å². The summed E-state index contributed by atoms with van der Waals surface area (Å²) in [5.41, 5.74) is 7.20. The highest BCUT2D eigenvalue weighted by Gasteiger charge is 2.07. The zero-order valence-corrected chi connectivity index (χ0v) is 10.8. The molecule has 0 aliphatic heterocycles. The summed E-state index contributed by atoms with van der Waals surface area (Å²) in [6.45, 7) is 0.769. The number of hydrogen-bond donors (Lipinski definition) is 1. The molecule has 0 atom stereocenters. The number of hydrogen-bond acceptors (Lipinski definition) is 2. The molecule has 0 bridgehead atoms. The summed E-state index contributed by atoms with van der Waals surface area (Å²) in [4.78, 5) is 4.54. The van der Waals surface area contributed by atoms with E-state index in [9.17, 15) is 4.39 Å². The molecule has 0 saturated heterocycles. The Bertz CT molecular complexity index is 519. The number of nitrogens with zero attached hydrogens (tertiary/aromatic N) is 2. The molecule has 2 N–H and O–H groups in total. The zero-order valence-electron chi connectivity index (χ0n) is 10.8. The maximum absolute atomic E-state index is 13.2. The summed E-state index contributed by atoms with van der Waals surface area (Å²) < 4.78 is 15.2. The Kier molecular flexibility index (Phi) is 4.31. The lowest BCUT2D eigenvalue weighted by molar-refractivity contribution is 0.624. The van der Waals surface area contributed by atoms with E-state index < -0.39 is 0 Å².